The van der Waals surface area contributed by atoms with Crippen LogP contribution in [-0.2, 0) is 19.1 Å². The van der Waals surface area contributed by atoms with E-state index in [1.54, 1.807) is 12.2 Å². The molecule has 6 aliphatic rings. The van der Waals surface area contributed by atoms with Crippen molar-refractivity contribution in [3.05, 3.63) is 47.6 Å². The summed E-state index contributed by atoms with van der Waals surface area (Å²) in [6.07, 6.45) is 12.2. The number of rotatable bonds is 4. The largest absolute Gasteiger partial charge is 0.461 e. The van der Waals surface area contributed by atoms with Crippen LogP contribution in [0.25, 0.3) is 0 Å². The highest BCUT2D eigenvalue weighted by atomic mass is 16.6. The van der Waals surface area contributed by atoms with Crippen molar-refractivity contribution >= 4 is 23.4 Å². The number of cyclic esters (lactones) is 2. The van der Waals surface area contributed by atoms with Crippen LogP contribution in [0.3, 0.4) is 0 Å². The average Bonchev–Trinajstić information content (AvgIpc) is 3.78. The van der Waals surface area contributed by atoms with Crippen LogP contribution in [0, 0.1) is 33.5 Å². The molecule has 44 heavy (non-hydrogen) atoms. The van der Waals surface area contributed by atoms with Gasteiger partial charge in [-0.25, -0.2) is 0 Å². The van der Waals surface area contributed by atoms with Gasteiger partial charge in [0, 0.05) is 23.7 Å². The maximum absolute atomic E-state index is 12.3. The summed E-state index contributed by atoms with van der Waals surface area (Å²) in [7, 11) is 0. The minimum atomic E-state index is -0.610. The monoisotopic (exact) mass is 606 g/mol. The van der Waals surface area contributed by atoms with E-state index < -0.39 is 10.8 Å². The molecule has 0 aromatic carbocycles. The third-order valence-electron chi connectivity index (χ3n) is 12.6. The fraction of sp³-hybridized carbons (Fsp3) is 0.667. The molecule has 0 aromatic heterocycles. The first kappa shape index (κ1) is 32.2. The molecular weight excluding hydrogens is 556 g/mol. The quantitative estimate of drug-likeness (QED) is 0.147. The molecule has 6 rings (SSSR count). The van der Waals surface area contributed by atoms with Crippen LogP contribution < -0.4 is 0 Å². The smallest absolute Gasteiger partial charge is 0.316 e. The molecule has 0 amide bonds. The molecule has 0 unspecified atom stereocenters. The zero-order chi connectivity index (χ0) is 32.2. The van der Waals surface area contributed by atoms with E-state index in [1.807, 2.05) is 13.8 Å². The predicted molar refractivity (Wildman–Crippen MR) is 170 cm³/mol. The van der Waals surface area contributed by atoms with Crippen molar-refractivity contribution < 1.29 is 29.5 Å². The highest BCUT2D eigenvalue weighted by Gasteiger charge is 2.58. The minimum Gasteiger partial charge on any atom is -0.461 e. The lowest BCUT2D eigenvalue weighted by Gasteiger charge is -2.44. The second-order valence-corrected chi connectivity index (χ2v) is 14.9. The molecule has 2 N–H and O–H groups in total. The summed E-state index contributed by atoms with van der Waals surface area (Å²) in [5.74, 6) is 0.389. The maximum atomic E-state index is 12.3. The van der Waals surface area contributed by atoms with Crippen LogP contribution in [0.2, 0.25) is 0 Å². The van der Waals surface area contributed by atoms with Gasteiger partial charge in [0.25, 0.3) is 0 Å². The third-order valence-corrected chi connectivity index (χ3v) is 12.6. The molecule has 8 heteroatoms. The first-order chi connectivity index (χ1) is 20.7. The van der Waals surface area contributed by atoms with Crippen LogP contribution >= 0.6 is 0 Å². The van der Waals surface area contributed by atoms with Gasteiger partial charge in [-0.2, -0.15) is 0 Å². The van der Waals surface area contributed by atoms with Crippen molar-refractivity contribution in [2.75, 3.05) is 0 Å². The van der Waals surface area contributed by atoms with Gasteiger partial charge in [0.2, 0.25) is 0 Å². The number of oxime groups is 2. The topological polar surface area (TPSA) is 118 Å². The van der Waals surface area contributed by atoms with Gasteiger partial charge in [-0.15, -0.1) is 13.2 Å². The van der Waals surface area contributed by atoms with Crippen LogP contribution in [0.1, 0.15) is 106 Å². The van der Waals surface area contributed by atoms with Gasteiger partial charge in [0.15, 0.2) is 0 Å². The Balaban J connectivity index is 0.000000175. The van der Waals surface area contributed by atoms with E-state index in [-0.39, 0.29) is 35.0 Å². The normalized spacial score (nSPS) is 43.4. The first-order valence-electron chi connectivity index (χ1n) is 16.3. The number of esters is 2. The molecule has 0 radical (unpaired) electrons. The van der Waals surface area contributed by atoms with Gasteiger partial charge in [-0.1, -0.05) is 61.3 Å². The highest BCUT2D eigenvalue weighted by Crippen LogP contribution is 2.58. The van der Waals surface area contributed by atoms with Crippen LogP contribution in [0.15, 0.2) is 57.9 Å². The molecule has 8 atom stereocenters. The van der Waals surface area contributed by atoms with Crippen molar-refractivity contribution in [1.29, 1.82) is 0 Å². The SMILES string of the molecule is C=C[C@]1(C)C[C@H]([C@@]2(C)C3=C(CC/C3=N/O)CC[C@H]2C)OC1=O.C=C[C@]1(C)C[C@H]([C@@]2(C)C3=C(CC/C3=N/O)CC[C@H]2C)OC1=O. The molecule has 0 bridgehead atoms. The van der Waals surface area contributed by atoms with Crippen molar-refractivity contribution in [2.45, 2.75) is 118 Å². The van der Waals surface area contributed by atoms with Gasteiger partial charge in [0.05, 0.1) is 22.3 Å². The van der Waals surface area contributed by atoms with Crippen LogP contribution in [0.4, 0.5) is 0 Å². The lowest BCUT2D eigenvalue weighted by Crippen LogP contribution is -2.44. The Kier molecular flexibility index (Phi) is 8.30. The van der Waals surface area contributed by atoms with E-state index in [1.165, 1.54) is 11.1 Å². The summed E-state index contributed by atoms with van der Waals surface area (Å²) >= 11 is 0. The van der Waals surface area contributed by atoms with Crippen molar-refractivity contribution in [1.82, 2.24) is 0 Å². The molecule has 2 heterocycles. The van der Waals surface area contributed by atoms with Gasteiger partial charge >= 0.3 is 11.9 Å². The minimum absolute atomic E-state index is 0.182. The lowest BCUT2D eigenvalue weighted by molar-refractivity contribution is -0.151. The number of carbonyl (C=O) groups excluding carboxylic acids is 2. The van der Waals surface area contributed by atoms with E-state index in [9.17, 15) is 20.0 Å². The molecular formula is C36H50N2O6. The number of nitrogens with zero attached hydrogens (tertiary/aromatic N) is 2. The first-order valence-corrected chi connectivity index (χ1v) is 16.3. The van der Waals surface area contributed by atoms with E-state index in [0.29, 0.717) is 24.7 Å². The Morgan fingerprint density at radius 1 is 0.682 bits per heavy atom. The van der Waals surface area contributed by atoms with Crippen LogP contribution in [0.5, 0.6) is 0 Å². The molecule has 240 valence electrons. The van der Waals surface area contributed by atoms with E-state index in [0.717, 1.165) is 73.9 Å². The molecule has 2 saturated heterocycles. The molecule has 0 spiro atoms. The lowest BCUT2D eigenvalue weighted by atomic mass is 9.60. The molecule has 4 aliphatic carbocycles. The Hall–Kier alpha value is -3.16. The number of hydrogen-bond donors (Lipinski definition) is 2. The average molecular weight is 607 g/mol. The summed E-state index contributed by atoms with van der Waals surface area (Å²) < 4.78 is 11.6. The molecule has 2 fully saturated rings. The Bertz CT molecular complexity index is 1290. The van der Waals surface area contributed by atoms with E-state index in [2.05, 4.69) is 51.2 Å². The summed E-state index contributed by atoms with van der Waals surface area (Å²) in [6, 6.07) is 0. The van der Waals surface area contributed by atoms with Crippen molar-refractivity contribution in [2.24, 2.45) is 43.8 Å². The number of allylic oxidation sites excluding steroid dienone is 2. The summed E-state index contributed by atoms with van der Waals surface area (Å²) in [4.78, 5) is 24.6. The highest BCUT2D eigenvalue weighted by molar-refractivity contribution is 6.05. The second kappa shape index (κ2) is 11.3. The predicted octanol–water partition coefficient (Wildman–Crippen LogP) is 7.70. The van der Waals surface area contributed by atoms with Gasteiger partial charge in [-0.3, -0.25) is 9.59 Å². The third kappa shape index (κ3) is 4.69. The maximum Gasteiger partial charge on any atom is 0.316 e. The van der Waals surface area contributed by atoms with E-state index in [4.69, 9.17) is 9.47 Å². The van der Waals surface area contributed by atoms with Gasteiger partial charge in [0.1, 0.15) is 12.2 Å². The molecule has 0 aromatic rings. The Labute approximate surface area is 262 Å². The van der Waals surface area contributed by atoms with Gasteiger partial charge < -0.3 is 19.9 Å². The fourth-order valence-corrected chi connectivity index (χ4v) is 8.91. The van der Waals surface area contributed by atoms with Crippen molar-refractivity contribution in [3.63, 3.8) is 0 Å². The molecule has 8 nitrogen and oxygen atoms in total. The van der Waals surface area contributed by atoms with Crippen molar-refractivity contribution in [3.8, 4) is 0 Å². The van der Waals surface area contributed by atoms with E-state index >= 15 is 0 Å². The molecule has 2 aliphatic heterocycles. The standard InChI is InChI=1S/2C18H25NO3/c2*1-5-17(3)10-14(22-16(17)20)18(4)11(2)6-7-12-8-9-13(19-21)15(12)18/h2*5,11,14,21H,1,6-10H2,2-4H3/b2*19-13-/t2*11-,14-,17-,18+/m11/s1. The zero-order valence-corrected chi connectivity index (χ0v) is 27.4. The van der Waals surface area contributed by atoms with Gasteiger partial charge in [-0.05, 0) is 88.2 Å². The second-order valence-electron chi connectivity index (χ2n) is 14.9. The summed E-state index contributed by atoms with van der Waals surface area (Å²) in [5.41, 5.74) is 4.87. The number of carbonyl (C=O) groups is 2. The van der Waals surface area contributed by atoms with Crippen LogP contribution in [-0.4, -0.2) is 46.0 Å². The Morgan fingerprint density at radius 2 is 1.05 bits per heavy atom. The fourth-order valence-electron chi connectivity index (χ4n) is 8.91. The Morgan fingerprint density at radius 3 is 1.34 bits per heavy atom. The number of hydrogen-bond acceptors (Lipinski definition) is 8. The molecule has 0 saturated carbocycles. The number of ether oxygens (including phenoxy) is 2. The zero-order valence-electron chi connectivity index (χ0n) is 27.4. The summed E-state index contributed by atoms with van der Waals surface area (Å²) in [6.45, 7) is 20.2. The summed E-state index contributed by atoms with van der Waals surface area (Å²) in [5, 5.41) is 25.9.